The van der Waals surface area contributed by atoms with Crippen LogP contribution in [0.25, 0.3) is 0 Å². The number of sulfonamides is 1. The molecule has 12 heteroatoms. The summed E-state index contributed by atoms with van der Waals surface area (Å²) < 4.78 is 65.4. The summed E-state index contributed by atoms with van der Waals surface area (Å²) in [5.41, 5.74) is 1.63. The predicted molar refractivity (Wildman–Crippen MR) is 149 cm³/mol. The zero-order chi connectivity index (χ0) is 29.5. The monoisotopic (exact) mass is 588 g/mol. The highest BCUT2D eigenvalue weighted by Crippen LogP contribution is 2.50. The van der Waals surface area contributed by atoms with Crippen LogP contribution in [0.4, 0.5) is 0 Å². The van der Waals surface area contributed by atoms with Gasteiger partial charge in [0, 0.05) is 26.6 Å². The third-order valence-electron chi connectivity index (χ3n) is 7.16. The fraction of sp³-hybridized carbons (Fsp3) is 0.483. The summed E-state index contributed by atoms with van der Waals surface area (Å²) in [5, 5.41) is 0. The van der Waals surface area contributed by atoms with Crippen LogP contribution >= 0.6 is 0 Å². The first-order chi connectivity index (χ1) is 19.4. The molecule has 41 heavy (non-hydrogen) atoms. The second kappa shape index (κ2) is 11.3. The van der Waals surface area contributed by atoms with Gasteiger partial charge in [0.1, 0.15) is 12.2 Å². The van der Waals surface area contributed by atoms with Crippen LogP contribution in [0.3, 0.4) is 0 Å². The molecule has 5 rings (SSSR count). The molecule has 1 fully saturated rings. The van der Waals surface area contributed by atoms with Gasteiger partial charge in [0.25, 0.3) is 5.91 Å². The molecular formula is C29H36N2O9S. The lowest BCUT2D eigenvalue weighted by molar-refractivity contribution is -0.144. The van der Waals surface area contributed by atoms with Crippen LogP contribution in [0, 0.1) is 6.92 Å². The summed E-state index contributed by atoms with van der Waals surface area (Å²) in [6.45, 7) is 7.50. The number of hydrogen-bond acceptors (Lipinski definition) is 9. The number of ether oxygens (including phenoxy) is 6. The fourth-order valence-electron chi connectivity index (χ4n) is 5.26. The Hall–Kier alpha value is -3.16. The van der Waals surface area contributed by atoms with E-state index >= 15 is 0 Å². The molecule has 1 amide bonds. The summed E-state index contributed by atoms with van der Waals surface area (Å²) in [6.07, 6.45) is 2.48. The van der Waals surface area contributed by atoms with Crippen molar-refractivity contribution in [2.45, 2.75) is 62.5 Å². The van der Waals surface area contributed by atoms with Crippen LogP contribution < -0.4 is 18.9 Å². The van der Waals surface area contributed by atoms with Crippen LogP contribution in [0.2, 0.25) is 0 Å². The van der Waals surface area contributed by atoms with Gasteiger partial charge in [0.05, 0.1) is 16.5 Å². The number of carbonyl (C=O) groups is 1. The molecule has 0 saturated carbocycles. The van der Waals surface area contributed by atoms with E-state index in [1.165, 1.54) is 4.90 Å². The number of nitrogens with one attached hydrogen (secondary N) is 1. The van der Waals surface area contributed by atoms with Crippen molar-refractivity contribution < 1.29 is 41.6 Å². The third kappa shape index (κ3) is 5.80. The summed E-state index contributed by atoms with van der Waals surface area (Å²) in [7, 11) is -0.747. The van der Waals surface area contributed by atoms with Crippen molar-refractivity contribution in [2.24, 2.45) is 0 Å². The predicted octanol–water partition coefficient (Wildman–Crippen LogP) is 3.32. The topological polar surface area (TPSA) is 122 Å². The van der Waals surface area contributed by atoms with Crippen LogP contribution in [0.15, 0.2) is 47.4 Å². The molecule has 1 N–H and O–H groups in total. The number of nitrogens with zero attached hydrogens (tertiary/aromatic N) is 1. The lowest BCUT2D eigenvalue weighted by atomic mass is 9.80. The Morgan fingerprint density at radius 3 is 2.54 bits per heavy atom. The molecule has 2 heterocycles. The van der Waals surface area contributed by atoms with E-state index in [0.717, 1.165) is 5.56 Å². The zero-order valence-electron chi connectivity index (χ0n) is 24.0. The number of hydrogen-bond donors (Lipinski definition) is 1. The van der Waals surface area contributed by atoms with Crippen molar-refractivity contribution in [1.29, 1.82) is 0 Å². The number of rotatable bonds is 9. The normalized spacial score (nSPS) is 24.2. The van der Waals surface area contributed by atoms with Crippen molar-refractivity contribution in [3.63, 3.8) is 0 Å². The standard InChI is InChI=1S/C29H36N2O9S/c1-7-35-15-37-27-23(28(32)31(5)6)20(14-22-26(27)38-16-36-22)19-12-13-21-25(40-29(3,4)39-21)24(19)30-41(33,34)18-10-8-17(2)9-11-18/h8-14,19,21,24-25,30H,7,15-16H2,1-6H3/t19-,21-,24-,25-/m1/s1. The summed E-state index contributed by atoms with van der Waals surface area (Å²) in [6, 6.07) is 7.44. The lowest BCUT2D eigenvalue weighted by Crippen LogP contribution is -2.52. The molecule has 0 bridgehead atoms. The first-order valence-electron chi connectivity index (χ1n) is 13.4. The maximum atomic E-state index is 13.7. The zero-order valence-corrected chi connectivity index (χ0v) is 24.8. The van der Waals surface area contributed by atoms with E-state index < -0.39 is 40.0 Å². The Kier molecular flexibility index (Phi) is 8.05. The second-order valence-corrected chi connectivity index (χ2v) is 12.5. The van der Waals surface area contributed by atoms with Gasteiger partial charge in [-0.25, -0.2) is 13.1 Å². The number of amides is 1. The maximum absolute atomic E-state index is 13.7. The first-order valence-corrected chi connectivity index (χ1v) is 14.9. The van der Waals surface area contributed by atoms with E-state index in [1.807, 2.05) is 26.0 Å². The van der Waals surface area contributed by atoms with E-state index in [2.05, 4.69) is 4.72 Å². The first kappa shape index (κ1) is 29.3. The number of carbonyl (C=O) groups excluding carboxylic acids is 1. The largest absolute Gasteiger partial charge is 0.463 e. The van der Waals surface area contributed by atoms with Crippen molar-refractivity contribution >= 4 is 15.9 Å². The van der Waals surface area contributed by atoms with Gasteiger partial charge < -0.3 is 33.3 Å². The van der Waals surface area contributed by atoms with Crippen molar-refractivity contribution in [3.05, 3.63) is 59.2 Å². The molecule has 0 spiro atoms. The van der Waals surface area contributed by atoms with Crippen LogP contribution in [0.5, 0.6) is 17.2 Å². The van der Waals surface area contributed by atoms with Crippen LogP contribution in [-0.2, 0) is 24.2 Å². The number of aryl methyl sites for hydroxylation is 1. The van der Waals surface area contributed by atoms with Gasteiger partial charge in [-0.1, -0.05) is 29.8 Å². The molecule has 222 valence electrons. The van der Waals surface area contributed by atoms with Gasteiger partial charge in [-0.2, -0.15) is 0 Å². The SMILES string of the molecule is CCOCOc1c2c(cc([C@H]3C=C[C@H]4OC(C)(C)O[C@H]4[C@@H]3NS(=O)(=O)c3ccc(C)cc3)c1C(=O)N(C)C)OCO2. The summed E-state index contributed by atoms with van der Waals surface area (Å²) >= 11 is 0. The third-order valence-corrected chi connectivity index (χ3v) is 8.63. The minimum atomic E-state index is -4.00. The Morgan fingerprint density at radius 2 is 1.85 bits per heavy atom. The van der Waals surface area contributed by atoms with Gasteiger partial charge in [0.2, 0.25) is 22.6 Å². The quantitative estimate of drug-likeness (QED) is 0.267. The molecule has 4 atom stereocenters. The van der Waals surface area contributed by atoms with Crippen LogP contribution in [-0.4, -0.2) is 77.5 Å². The Morgan fingerprint density at radius 1 is 1.12 bits per heavy atom. The highest BCUT2D eigenvalue weighted by molar-refractivity contribution is 7.89. The highest BCUT2D eigenvalue weighted by atomic mass is 32.2. The molecule has 2 aromatic carbocycles. The molecule has 1 aliphatic carbocycles. The molecule has 0 radical (unpaired) electrons. The van der Waals surface area contributed by atoms with E-state index in [4.69, 9.17) is 28.4 Å². The second-order valence-electron chi connectivity index (χ2n) is 10.8. The van der Waals surface area contributed by atoms with Gasteiger partial charge >= 0.3 is 0 Å². The van der Waals surface area contributed by atoms with Gasteiger partial charge in [-0.15, -0.1) is 0 Å². The fourth-order valence-corrected chi connectivity index (χ4v) is 6.53. The van der Waals surface area contributed by atoms with E-state index in [9.17, 15) is 13.2 Å². The minimum absolute atomic E-state index is 0.0563. The number of benzene rings is 2. The molecule has 0 aromatic heterocycles. The average molecular weight is 589 g/mol. The minimum Gasteiger partial charge on any atom is -0.463 e. The highest BCUT2D eigenvalue weighted by Gasteiger charge is 2.50. The molecule has 3 aliphatic rings. The molecule has 11 nitrogen and oxygen atoms in total. The Labute approximate surface area is 240 Å². The van der Waals surface area contributed by atoms with Crippen molar-refractivity contribution in [2.75, 3.05) is 34.3 Å². The van der Waals surface area contributed by atoms with Gasteiger partial charge in [-0.05, 0) is 51.5 Å². The molecule has 2 aliphatic heterocycles. The Bertz CT molecular complexity index is 1440. The average Bonchev–Trinajstić information content (AvgIpc) is 3.51. The number of fused-ring (bicyclic) bond motifs is 2. The molecule has 2 aromatic rings. The maximum Gasteiger partial charge on any atom is 0.257 e. The Balaban J connectivity index is 1.66. The van der Waals surface area contributed by atoms with Gasteiger partial charge in [-0.3, -0.25) is 4.79 Å². The van der Waals surface area contributed by atoms with E-state index in [0.29, 0.717) is 17.9 Å². The van der Waals surface area contributed by atoms with Crippen molar-refractivity contribution in [1.82, 2.24) is 9.62 Å². The van der Waals surface area contributed by atoms with Gasteiger partial charge in [0.15, 0.2) is 24.1 Å². The van der Waals surface area contributed by atoms with E-state index in [-0.39, 0.29) is 41.5 Å². The lowest BCUT2D eigenvalue weighted by Gasteiger charge is -2.36. The molecule has 0 unspecified atom stereocenters. The molecule has 1 saturated heterocycles. The van der Waals surface area contributed by atoms with Crippen LogP contribution in [0.1, 0.15) is 48.2 Å². The van der Waals surface area contributed by atoms with E-state index in [1.54, 1.807) is 58.3 Å². The summed E-state index contributed by atoms with van der Waals surface area (Å²) in [4.78, 5) is 15.3. The smallest absolute Gasteiger partial charge is 0.257 e. The summed E-state index contributed by atoms with van der Waals surface area (Å²) in [5.74, 6) is -1.15. The molecular weight excluding hydrogens is 552 g/mol. The van der Waals surface area contributed by atoms with Crippen molar-refractivity contribution in [3.8, 4) is 17.2 Å².